The lowest BCUT2D eigenvalue weighted by molar-refractivity contribution is -0.270. The number of halogens is 1. The Labute approximate surface area is 763 Å². The van der Waals surface area contributed by atoms with E-state index < -0.39 is 192 Å². The van der Waals surface area contributed by atoms with Gasteiger partial charge in [0.25, 0.3) is 0 Å². The van der Waals surface area contributed by atoms with E-state index in [9.17, 15) is 50.4 Å². The molecule has 0 radical (unpaired) electrons. The number of likely N-dealkylation sites (N-methyl/N-ethyl adjacent to an activating group) is 1. The van der Waals surface area contributed by atoms with Gasteiger partial charge in [0, 0.05) is 66.3 Å². The number of benzene rings is 6. The Bertz CT molecular complexity index is 5100. The highest BCUT2D eigenvalue weighted by atomic mass is 35.5. The van der Waals surface area contributed by atoms with E-state index in [4.69, 9.17) is 45.8 Å². The average Bonchev–Trinajstić information content (AvgIpc) is 0.734. The van der Waals surface area contributed by atoms with Gasteiger partial charge in [0.05, 0.1) is 17.5 Å². The van der Waals surface area contributed by atoms with Crippen molar-refractivity contribution < 1.29 is 112 Å². The average molecular weight is 1840 g/mol. The molecule has 1 saturated heterocycles. The number of hydrogen-bond donors (Lipinski definition) is 22. The highest BCUT2D eigenvalue weighted by Crippen LogP contribution is 2.55. The van der Waals surface area contributed by atoms with Gasteiger partial charge in [-0.1, -0.05) is 64.4 Å². The second kappa shape index (κ2) is 43.9. The fraction of sp³-hybridized carbons (Fsp3) is 0.516. The van der Waals surface area contributed by atoms with Crippen LogP contribution >= 0.6 is 11.6 Å². The maximum absolute atomic E-state index is 16.7. The number of phenolic OH excluding ortho intramolecular Hbond substituents is 3. The van der Waals surface area contributed by atoms with E-state index in [2.05, 4.69) is 76.0 Å². The summed E-state index contributed by atoms with van der Waals surface area (Å²) in [5.74, 6) is -12.1. The second-order valence-electron chi connectivity index (χ2n) is 35.2. The van der Waals surface area contributed by atoms with Crippen LogP contribution in [0.5, 0.6) is 57.5 Å². The van der Waals surface area contributed by atoms with E-state index >= 15 is 33.6 Å². The summed E-state index contributed by atoms with van der Waals surface area (Å²) < 4.78 is 39.0. The van der Waals surface area contributed by atoms with E-state index in [1.54, 1.807) is 12.1 Å². The summed E-state index contributed by atoms with van der Waals surface area (Å²) in [6, 6.07) is 2.77. The lowest BCUT2D eigenvalue weighted by atomic mass is 9.54. The Balaban J connectivity index is 0.965. The fourth-order valence-corrected chi connectivity index (χ4v) is 18.9. The van der Waals surface area contributed by atoms with Crippen LogP contribution < -0.4 is 98.5 Å². The number of amides is 10. The van der Waals surface area contributed by atoms with Gasteiger partial charge in [0.15, 0.2) is 11.5 Å². The molecule has 23 N–H and O–H groups in total. The summed E-state index contributed by atoms with van der Waals surface area (Å²) in [6.45, 7) is 15.1. The first-order valence-corrected chi connectivity index (χ1v) is 45.4. The molecule has 4 saturated carbocycles. The van der Waals surface area contributed by atoms with Gasteiger partial charge in [-0.05, 0) is 228 Å². The van der Waals surface area contributed by atoms with Crippen molar-refractivity contribution in [2.45, 2.75) is 210 Å². The molecule has 16 rings (SSSR count). The van der Waals surface area contributed by atoms with Gasteiger partial charge in [0.1, 0.15) is 126 Å². The van der Waals surface area contributed by atoms with Gasteiger partial charge in [-0.15, -0.1) is 0 Å². The highest BCUT2D eigenvalue weighted by Gasteiger charge is 2.51. The zero-order chi connectivity index (χ0) is 93.8. The highest BCUT2D eigenvalue weighted by molar-refractivity contribution is 6.32. The Morgan fingerprint density at radius 2 is 1.21 bits per heavy atom. The molecule has 5 fully saturated rings. The molecular formula is C93H121ClN14O23. The molecule has 6 aliphatic heterocycles. The summed E-state index contributed by atoms with van der Waals surface area (Å²) in [5.41, 5.74) is 5.06. The van der Waals surface area contributed by atoms with Crippen molar-refractivity contribution in [3.05, 3.63) is 135 Å². The number of imide groups is 1. The number of aryl methyl sites for hydroxylation is 1. The second-order valence-corrected chi connectivity index (χ2v) is 35.6. The number of anilines is 1. The molecule has 4 aliphatic carbocycles. The van der Waals surface area contributed by atoms with Crippen LogP contribution in [0.2, 0.25) is 5.02 Å². The number of aromatic hydroxyl groups is 3. The molecule has 10 amide bonds. The number of hydrogen-bond acceptors (Lipinski definition) is 28. The zero-order valence-electron chi connectivity index (χ0n) is 74.2. The maximum atomic E-state index is 16.7. The molecular weight excluding hydrogens is 1720 g/mol. The normalized spacial score (nSPS) is 25.9. The van der Waals surface area contributed by atoms with E-state index in [1.807, 2.05) is 27.7 Å². The van der Waals surface area contributed by atoms with Crippen molar-refractivity contribution in [1.29, 1.82) is 0 Å². The number of carbonyl (C=O) groups is 9. The molecule has 0 unspecified atom stereocenters. The predicted molar refractivity (Wildman–Crippen MR) is 479 cm³/mol. The Kier molecular flexibility index (Phi) is 32.6. The summed E-state index contributed by atoms with van der Waals surface area (Å²) in [6.07, 6.45) is -6.33. The quantitative estimate of drug-likeness (QED) is 0.0257. The van der Waals surface area contributed by atoms with Gasteiger partial charge >= 0.3 is 6.03 Å². The van der Waals surface area contributed by atoms with Crippen LogP contribution in [0.3, 0.4) is 0 Å². The van der Waals surface area contributed by atoms with Crippen molar-refractivity contribution in [2.75, 3.05) is 71.4 Å². The number of fused-ring (bicyclic) bond motifs is 15. The van der Waals surface area contributed by atoms with Gasteiger partial charge in [-0.2, -0.15) is 0 Å². The van der Waals surface area contributed by atoms with E-state index in [1.165, 1.54) is 50.4 Å². The van der Waals surface area contributed by atoms with Crippen LogP contribution in [-0.4, -0.2) is 221 Å². The minimum atomic E-state index is -2.37. The third-order valence-electron chi connectivity index (χ3n) is 25.0. The number of nitrogens with two attached hydrogens (primary N) is 1. The molecule has 0 spiro atoms. The third kappa shape index (κ3) is 23.1. The SMILES string of the molecule is CCCNCCCc1c(OCCNCCC)cc(NC(=O)NC(=O)C[C@@H]2NC(=O)[C@H](NC(=O)[C@@H](CC(C)C)NC)[C@H](O)c3ccc(c(C)c3)Oc3cc4cc(c3O[C@@H]3O[C@H](CN)[C@@H](O)[C@H](O)[C@H]3O)Oc3ccc(cc3Cl)[C@@H](O)[C@@H]3NC(=O)[C@H](NC(=O)[C@@H]4NC2=O)c2ccc(O)c(c2)-c2c(O)cc(O)cc2[C@@H](C(=O)NC2C4CC5CC(C4)CC2C5)NC3=O)cc1OCCNCCC. The van der Waals surface area contributed by atoms with Crippen molar-refractivity contribution in [1.82, 2.24) is 63.8 Å². The van der Waals surface area contributed by atoms with E-state index in [0.717, 1.165) is 100 Å². The molecule has 14 atom stereocenters. The Morgan fingerprint density at radius 3 is 1.82 bits per heavy atom. The molecule has 131 heavy (non-hydrogen) atoms. The lowest BCUT2D eigenvalue weighted by Gasteiger charge is -2.54. The molecule has 708 valence electrons. The molecule has 38 heteroatoms. The number of aliphatic hydroxyl groups excluding tert-OH is 5. The zero-order valence-corrected chi connectivity index (χ0v) is 75.0. The third-order valence-corrected chi connectivity index (χ3v) is 25.3. The van der Waals surface area contributed by atoms with Crippen LogP contribution in [0.25, 0.3) is 11.1 Å². The molecule has 6 aromatic carbocycles. The number of phenols is 3. The Morgan fingerprint density at radius 1 is 0.603 bits per heavy atom. The fourth-order valence-electron chi connectivity index (χ4n) is 18.7. The molecule has 6 heterocycles. The van der Waals surface area contributed by atoms with Crippen LogP contribution in [0.4, 0.5) is 10.5 Å². The van der Waals surface area contributed by atoms with Crippen molar-refractivity contribution in [3.63, 3.8) is 0 Å². The van der Waals surface area contributed by atoms with Crippen LogP contribution in [0.1, 0.15) is 175 Å². The van der Waals surface area contributed by atoms with Gasteiger partial charge in [-0.25, -0.2) is 4.79 Å². The largest absolute Gasteiger partial charge is 0.508 e. The lowest BCUT2D eigenvalue weighted by Crippen LogP contribution is -2.60. The van der Waals surface area contributed by atoms with Gasteiger partial charge in [-0.3, -0.25) is 43.7 Å². The summed E-state index contributed by atoms with van der Waals surface area (Å²) in [5, 5.41) is 132. The number of urea groups is 1. The smallest absolute Gasteiger partial charge is 0.325 e. The molecule has 0 aromatic heterocycles. The number of rotatable bonds is 31. The minimum Gasteiger partial charge on any atom is -0.508 e. The van der Waals surface area contributed by atoms with E-state index in [0.29, 0.717) is 74.5 Å². The first kappa shape index (κ1) is 97.3. The molecule has 10 aliphatic rings. The molecule has 6 aromatic rings. The topological polar surface area (TPSA) is 553 Å². The first-order chi connectivity index (χ1) is 62.8. The van der Waals surface area contributed by atoms with Gasteiger partial charge < -0.3 is 139 Å². The minimum absolute atomic E-state index is 0.0487. The number of aliphatic hydroxyl groups is 5. The van der Waals surface area contributed by atoms with Crippen molar-refractivity contribution in [2.24, 2.45) is 35.3 Å². The predicted octanol–water partition coefficient (Wildman–Crippen LogP) is 4.90. The van der Waals surface area contributed by atoms with Crippen LogP contribution in [0, 0.1) is 36.5 Å². The molecule has 37 nitrogen and oxygen atoms in total. The monoisotopic (exact) mass is 1840 g/mol. The van der Waals surface area contributed by atoms with E-state index in [-0.39, 0.29) is 105 Å². The van der Waals surface area contributed by atoms with Crippen LogP contribution in [-0.2, 0) is 49.5 Å². The summed E-state index contributed by atoms with van der Waals surface area (Å²) in [7, 11) is 1.50. The summed E-state index contributed by atoms with van der Waals surface area (Å²) >= 11 is 7.25. The standard InChI is InChI=1S/C93H121ClN14O23/c1-8-19-97-22-11-12-56-66(126-25-23-98-20-9-2)38-54(39-67(56)127-26-24-99-21-10-3)100-93(125)102-71(112)42-61-86(119)104-75-53-36-68(128-64-17-14-49(28-45(64)6)79(113)77(90(123)101-61)107-85(118)60(96-7)27-44(4)5)84(131-92-83(117)82(116)81(115)70(43-95)130-92)69(37-53)129-65-18-15-50(35-59(65)94)80(114)78-91(124)106-76(89(122)103-73-51-30-46-29-47(32-51)33-52(73)31-46)58-40-55(109)41-63(111)72(58)57-34-48(13-16-62(57)110)74(87(120)108-78)105-88(75)121/h13-18,28,34-41,44,46-47,51-52,60-61,70,73-83,92,96-99,109-111,113-117H,8-12,19-27,29-33,42-43,95H2,1-7H3,(H,101,123)(H,103,122)(H,104,119)(H,105,121)(H,106,124)(H,107,118)(H,108,120)(H2,100,102,112,125)/t46?,47?,51?,52?,60-,61+,70-,73?,74-,75-,76+,77-,78+,79-,80-,81-,82+,83-,92+/m1/s1. The number of nitrogens with one attached hydrogen (secondary N) is 13. The maximum Gasteiger partial charge on any atom is 0.325 e. The van der Waals surface area contributed by atoms with Crippen molar-refractivity contribution >= 4 is 70.6 Å². The summed E-state index contributed by atoms with van der Waals surface area (Å²) in [4.78, 5) is 140. The number of ether oxygens (including phenoxy) is 6. The van der Waals surface area contributed by atoms with Crippen LogP contribution in [0.15, 0.2) is 91.0 Å². The molecule has 15 bridgehead atoms. The van der Waals surface area contributed by atoms with Crippen molar-refractivity contribution in [3.8, 4) is 68.6 Å². The first-order valence-electron chi connectivity index (χ1n) is 45.0. The Hall–Kier alpha value is -11.2. The van der Waals surface area contributed by atoms with Gasteiger partial charge in [0.2, 0.25) is 59.3 Å². The number of carbonyl (C=O) groups excluding carboxylic acids is 9.